The van der Waals surface area contributed by atoms with Crippen LogP contribution in [-0.2, 0) is 18.1 Å². The molecule has 0 saturated heterocycles. The van der Waals surface area contributed by atoms with Crippen LogP contribution in [0.3, 0.4) is 0 Å². The summed E-state index contributed by atoms with van der Waals surface area (Å²) in [6.45, 7) is 0.0358. The first-order valence-corrected chi connectivity index (χ1v) is 8.93. The number of anilines is 1. The second kappa shape index (κ2) is 6.88. The Bertz CT molecular complexity index is 1230. The zero-order valence-corrected chi connectivity index (χ0v) is 15.6. The number of fused-ring (bicyclic) bond motifs is 1. The van der Waals surface area contributed by atoms with Crippen LogP contribution in [0.25, 0.3) is 11.0 Å². The van der Waals surface area contributed by atoms with Crippen molar-refractivity contribution in [3.8, 4) is 6.07 Å². The van der Waals surface area contributed by atoms with Gasteiger partial charge in [0.2, 0.25) is 0 Å². The Kier molecular flexibility index (Phi) is 4.46. The molecule has 0 fully saturated rings. The van der Waals surface area contributed by atoms with Crippen molar-refractivity contribution >= 4 is 16.7 Å². The molecule has 0 aliphatic heterocycles. The van der Waals surface area contributed by atoms with Crippen LogP contribution in [0.2, 0.25) is 0 Å². The standard InChI is InChI=1S/C20H16F3N7/c21-20(22,23)14-7-12(4-5-15(14)25)9-30-18-13(8-29-30)17(27-11-28-18)19(10-24)6-2-1-3-16(19)26/h1-5,7-8,11H,6,9,25-26H2. The van der Waals surface area contributed by atoms with Crippen LogP contribution in [0.5, 0.6) is 0 Å². The van der Waals surface area contributed by atoms with E-state index in [-0.39, 0.29) is 12.2 Å². The van der Waals surface area contributed by atoms with Gasteiger partial charge in [-0.2, -0.15) is 23.5 Å². The zero-order valence-electron chi connectivity index (χ0n) is 15.6. The molecule has 0 amide bonds. The number of halogens is 3. The highest BCUT2D eigenvalue weighted by atomic mass is 19.4. The number of hydrogen-bond donors (Lipinski definition) is 2. The Balaban J connectivity index is 1.78. The number of nitrogens with zero attached hydrogens (tertiary/aromatic N) is 5. The van der Waals surface area contributed by atoms with Gasteiger partial charge in [0.25, 0.3) is 0 Å². The topological polar surface area (TPSA) is 119 Å². The highest BCUT2D eigenvalue weighted by Crippen LogP contribution is 2.38. The second-order valence-corrected chi connectivity index (χ2v) is 6.95. The quantitative estimate of drug-likeness (QED) is 0.640. The molecular formula is C20H16F3N7. The third kappa shape index (κ3) is 3.04. The van der Waals surface area contributed by atoms with E-state index in [0.29, 0.717) is 34.4 Å². The van der Waals surface area contributed by atoms with Crippen molar-refractivity contribution in [1.82, 2.24) is 19.7 Å². The summed E-state index contributed by atoms with van der Waals surface area (Å²) < 4.78 is 40.9. The number of rotatable bonds is 3. The van der Waals surface area contributed by atoms with Gasteiger partial charge >= 0.3 is 6.18 Å². The minimum atomic E-state index is -4.56. The van der Waals surface area contributed by atoms with E-state index in [4.69, 9.17) is 11.5 Å². The Morgan fingerprint density at radius 1 is 1.23 bits per heavy atom. The average molecular weight is 411 g/mol. The van der Waals surface area contributed by atoms with Gasteiger partial charge < -0.3 is 11.5 Å². The minimum Gasteiger partial charge on any atom is -0.400 e. The highest BCUT2D eigenvalue weighted by molar-refractivity contribution is 5.80. The summed E-state index contributed by atoms with van der Waals surface area (Å²) >= 11 is 0. The number of benzene rings is 1. The SMILES string of the molecule is N#CC1(c2ncnc3c2cnn3Cc2ccc(N)c(C(F)(F)F)c2)CC=CC=C1N. The van der Waals surface area contributed by atoms with Crippen molar-refractivity contribution in [2.75, 3.05) is 5.73 Å². The lowest BCUT2D eigenvalue weighted by Crippen LogP contribution is -2.33. The first-order valence-electron chi connectivity index (χ1n) is 8.93. The molecule has 10 heteroatoms. The molecular weight excluding hydrogens is 395 g/mol. The normalized spacial score (nSPS) is 18.9. The van der Waals surface area contributed by atoms with Gasteiger partial charge in [0, 0.05) is 11.4 Å². The highest BCUT2D eigenvalue weighted by Gasteiger charge is 2.39. The molecule has 1 aliphatic rings. The Morgan fingerprint density at radius 2 is 2.03 bits per heavy atom. The molecule has 4 N–H and O–H groups in total. The average Bonchev–Trinajstić information content (AvgIpc) is 3.12. The lowest BCUT2D eigenvalue weighted by molar-refractivity contribution is -0.136. The van der Waals surface area contributed by atoms with Crippen LogP contribution in [0.4, 0.5) is 18.9 Å². The van der Waals surface area contributed by atoms with E-state index in [2.05, 4.69) is 21.1 Å². The molecule has 0 spiro atoms. The fourth-order valence-corrected chi connectivity index (χ4v) is 3.54. The Hall–Kier alpha value is -3.87. The molecule has 0 radical (unpaired) electrons. The fraction of sp³-hybridized carbons (Fsp3) is 0.200. The zero-order chi connectivity index (χ0) is 21.5. The lowest BCUT2D eigenvalue weighted by Gasteiger charge is -2.27. The summed E-state index contributed by atoms with van der Waals surface area (Å²) in [7, 11) is 0. The van der Waals surface area contributed by atoms with Crippen LogP contribution in [-0.4, -0.2) is 19.7 Å². The largest absolute Gasteiger partial charge is 0.418 e. The van der Waals surface area contributed by atoms with Crippen LogP contribution in [0, 0.1) is 11.3 Å². The summed E-state index contributed by atoms with van der Waals surface area (Å²) in [4.78, 5) is 8.52. The van der Waals surface area contributed by atoms with E-state index in [9.17, 15) is 18.4 Å². The lowest BCUT2D eigenvalue weighted by atomic mass is 9.76. The Morgan fingerprint density at radius 3 is 2.73 bits per heavy atom. The maximum atomic E-state index is 13.2. The number of nitrogens with two attached hydrogens (primary N) is 2. The van der Waals surface area contributed by atoms with Gasteiger partial charge in [0.15, 0.2) is 5.65 Å². The molecule has 1 aliphatic carbocycles. The molecule has 3 aromatic rings. The molecule has 152 valence electrons. The maximum absolute atomic E-state index is 13.2. The second-order valence-electron chi connectivity index (χ2n) is 6.95. The Labute approximate surface area is 169 Å². The van der Waals surface area contributed by atoms with E-state index >= 15 is 0 Å². The van der Waals surface area contributed by atoms with Crippen LogP contribution < -0.4 is 11.5 Å². The molecule has 1 unspecified atom stereocenters. The van der Waals surface area contributed by atoms with Crippen LogP contribution >= 0.6 is 0 Å². The van der Waals surface area contributed by atoms with Gasteiger partial charge in [0.05, 0.1) is 35.5 Å². The van der Waals surface area contributed by atoms with E-state index in [1.165, 1.54) is 29.3 Å². The maximum Gasteiger partial charge on any atom is 0.418 e. The van der Waals surface area contributed by atoms with Gasteiger partial charge in [-0.15, -0.1) is 0 Å². The van der Waals surface area contributed by atoms with Gasteiger partial charge in [-0.05, 0) is 30.2 Å². The van der Waals surface area contributed by atoms with Gasteiger partial charge in [0.1, 0.15) is 11.7 Å². The molecule has 0 saturated carbocycles. The van der Waals surface area contributed by atoms with Crippen molar-refractivity contribution in [1.29, 1.82) is 5.26 Å². The van der Waals surface area contributed by atoms with Crippen molar-refractivity contribution in [2.45, 2.75) is 24.6 Å². The molecule has 0 bridgehead atoms. The molecule has 1 atom stereocenters. The molecule has 30 heavy (non-hydrogen) atoms. The summed E-state index contributed by atoms with van der Waals surface area (Å²) in [5, 5.41) is 14.7. The molecule has 4 rings (SSSR count). The number of nitrogen functional groups attached to an aromatic ring is 1. The summed E-state index contributed by atoms with van der Waals surface area (Å²) in [5.74, 6) is 0. The number of nitriles is 1. The number of hydrogen-bond acceptors (Lipinski definition) is 6. The third-order valence-electron chi connectivity index (χ3n) is 5.11. The van der Waals surface area contributed by atoms with Crippen molar-refractivity contribution in [3.63, 3.8) is 0 Å². The predicted octanol–water partition coefficient (Wildman–Crippen LogP) is 3.04. The fourth-order valence-electron chi connectivity index (χ4n) is 3.54. The first-order chi connectivity index (χ1) is 14.3. The minimum absolute atomic E-state index is 0.0358. The van der Waals surface area contributed by atoms with Crippen molar-refractivity contribution in [2.24, 2.45) is 5.73 Å². The van der Waals surface area contributed by atoms with Crippen LogP contribution in [0.1, 0.15) is 23.2 Å². The number of alkyl halides is 3. The van der Waals surface area contributed by atoms with Crippen molar-refractivity contribution < 1.29 is 13.2 Å². The number of aromatic nitrogens is 4. The molecule has 2 heterocycles. The van der Waals surface area contributed by atoms with E-state index in [0.717, 1.165) is 6.07 Å². The summed E-state index contributed by atoms with van der Waals surface area (Å²) in [6, 6.07) is 5.97. The van der Waals surface area contributed by atoms with Gasteiger partial charge in [-0.25, -0.2) is 14.6 Å². The predicted molar refractivity (Wildman–Crippen MR) is 104 cm³/mol. The van der Waals surface area contributed by atoms with Gasteiger partial charge in [-0.3, -0.25) is 0 Å². The summed E-state index contributed by atoms with van der Waals surface area (Å²) in [6.07, 6.45) is 3.83. The van der Waals surface area contributed by atoms with Gasteiger partial charge in [-0.1, -0.05) is 18.2 Å². The van der Waals surface area contributed by atoms with E-state index in [1.807, 2.05) is 6.08 Å². The third-order valence-corrected chi connectivity index (χ3v) is 5.11. The number of allylic oxidation sites excluding steroid dienone is 4. The molecule has 1 aromatic carbocycles. The molecule has 2 aromatic heterocycles. The monoisotopic (exact) mass is 411 g/mol. The smallest absolute Gasteiger partial charge is 0.400 e. The first kappa shape index (κ1) is 19.4. The van der Waals surface area contributed by atoms with E-state index < -0.39 is 17.2 Å². The van der Waals surface area contributed by atoms with Crippen LogP contribution in [0.15, 0.2) is 54.6 Å². The molecule has 7 nitrogen and oxygen atoms in total. The van der Waals surface area contributed by atoms with E-state index in [1.54, 1.807) is 12.2 Å². The van der Waals surface area contributed by atoms with Crippen molar-refractivity contribution in [3.05, 3.63) is 71.5 Å². The summed E-state index contributed by atoms with van der Waals surface area (Å²) in [5.41, 5.74) is 10.7.